The van der Waals surface area contributed by atoms with Crippen LogP contribution in [0, 0.1) is 0 Å². The van der Waals surface area contributed by atoms with Crippen molar-refractivity contribution in [2.75, 3.05) is 6.54 Å². The molecule has 2 atom stereocenters. The fourth-order valence-corrected chi connectivity index (χ4v) is 3.10. The molecule has 3 rings (SSSR count). The summed E-state index contributed by atoms with van der Waals surface area (Å²) in [4.78, 5) is 5.75. The largest absolute Gasteiger partial charge is 0.370 e. The summed E-state index contributed by atoms with van der Waals surface area (Å²) in [7, 11) is 0. The number of rotatable bonds is 5. The molecule has 21 heavy (non-hydrogen) atoms. The summed E-state index contributed by atoms with van der Waals surface area (Å²) in [5.41, 5.74) is 7.32. The molecule has 5 heteroatoms. The first-order valence-electron chi connectivity index (χ1n) is 6.97. The van der Waals surface area contributed by atoms with E-state index in [4.69, 9.17) is 5.73 Å². The number of nitrogens with one attached hydrogen (secondary N) is 1. The predicted molar refractivity (Wildman–Crippen MR) is 101 cm³/mol. The fourth-order valence-electron chi connectivity index (χ4n) is 2.40. The Labute approximate surface area is 146 Å². The van der Waals surface area contributed by atoms with Crippen LogP contribution in [0.1, 0.15) is 22.8 Å². The maximum absolute atomic E-state index is 5.94. The van der Waals surface area contributed by atoms with Crippen molar-refractivity contribution in [2.24, 2.45) is 10.7 Å². The monoisotopic (exact) mass is 413 g/mol. The Morgan fingerprint density at radius 3 is 2.76 bits per heavy atom. The summed E-state index contributed by atoms with van der Waals surface area (Å²) in [6.45, 7) is 0.752. The molecule has 0 aliphatic heterocycles. The van der Waals surface area contributed by atoms with Crippen LogP contribution in [0.25, 0.3) is 0 Å². The minimum Gasteiger partial charge on any atom is -0.370 e. The van der Waals surface area contributed by atoms with Gasteiger partial charge in [-0.05, 0) is 23.4 Å². The molecular weight excluding hydrogens is 393 g/mol. The van der Waals surface area contributed by atoms with Crippen molar-refractivity contribution >= 4 is 41.3 Å². The van der Waals surface area contributed by atoms with Crippen LogP contribution < -0.4 is 11.1 Å². The van der Waals surface area contributed by atoms with E-state index in [9.17, 15) is 0 Å². The quantitative estimate of drug-likeness (QED) is 0.449. The second-order valence-electron chi connectivity index (χ2n) is 5.10. The Balaban J connectivity index is 0.00000161. The van der Waals surface area contributed by atoms with Crippen LogP contribution in [0.3, 0.4) is 0 Å². The number of hydrogen-bond donors (Lipinski definition) is 2. The lowest BCUT2D eigenvalue weighted by atomic mass is 10.1. The first-order chi connectivity index (χ1) is 9.83. The van der Waals surface area contributed by atoms with E-state index in [1.807, 2.05) is 0 Å². The van der Waals surface area contributed by atoms with E-state index >= 15 is 0 Å². The molecule has 1 aromatic heterocycles. The highest BCUT2D eigenvalue weighted by Gasteiger charge is 2.38. The van der Waals surface area contributed by atoms with E-state index in [0.29, 0.717) is 17.9 Å². The molecule has 2 aromatic rings. The molecule has 1 aliphatic rings. The van der Waals surface area contributed by atoms with Crippen molar-refractivity contribution < 1.29 is 0 Å². The zero-order chi connectivity index (χ0) is 13.8. The molecule has 3 nitrogen and oxygen atoms in total. The van der Waals surface area contributed by atoms with Crippen LogP contribution in [0.4, 0.5) is 0 Å². The van der Waals surface area contributed by atoms with Gasteiger partial charge in [0.25, 0.3) is 0 Å². The van der Waals surface area contributed by atoms with Gasteiger partial charge in [0, 0.05) is 29.8 Å². The van der Waals surface area contributed by atoms with E-state index in [1.165, 1.54) is 10.4 Å². The Kier molecular flexibility index (Phi) is 6.05. The Morgan fingerprint density at radius 1 is 1.24 bits per heavy atom. The van der Waals surface area contributed by atoms with Crippen LogP contribution in [-0.4, -0.2) is 18.5 Å². The highest BCUT2D eigenvalue weighted by molar-refractivity contribution is 14.0. The second kappa shape index (κ2) is 7.79. The van der Waals surface area contributed by atoms with E-state index in [-0.39, 0.29) is 24.0 Å². The van der Waals surface area contributed by atoms with Crippen LogP contribution in [0.15, 0.2) is 52.8 Å². The minimum atomic E-state index is 0. The lowest BCUT2D eigenvalue weighted by Gasteiger charge is -2.05. The Bertz CT molecular complexity index is 568. The highest BCUT2D eigenvalue weighted by Crippen LogP contribution is 2.40. The number of nitrogens with two attached hydrogens (primary N) is 1. The number of nitrogens with zero attached hydrogens (tertiary/aromatic N) is 1. The summed E-state index contributed by atoms with van der Waals surface area (Å²) in [5, 5.41) is 5.41. The van der Waals surface area contributed by atoms with E-state index in [2.05, 4.69) is 58.2 Å². The average molecular weight is 413 g/mol. The van der Waals surface area contributed by atoms with Crippen molar-refractivity contribution in [1.82, 2.24) is 5.32 Å². The molecule has 0 saturated heterocycles. The Morgan fingerprint density at radius 2 is 2.05 bits per heavy atom. The molecule has 0 amide bonds. The van der Waals surface area contributed by atoms with E-state index in [1.54, 1.807) is 11.3 Å². The molecule has 0 bridgehead atoms. The van der Waals surface area contributed by atoms with Gasteiger partial charge in [-0.1, -0.05) is 36.4 Å². The predicted octanol–water partition coefficient (Wildman–Crippen LogP) is 3.37. The molecule has 1 aliphatic carbocycles. The van der Waals surface area contributed by atoms with Gasteiger partial charge in [0.15, 0.2) is 5.96 Å². The van der Waals surface area contributed by atoms with Gasteiger partial charge < -0.3 is 11.1 Å². The first kappa shape index (κ1) is 16.3. The van der Waals surface area contributed by atoms with Gasteiger partial charge in [-0.2, -0.15) is 0 Å². The van der Waals surface area contributed by atoms with Crippen molar-refractivity contribution in [3.8, 4) is 0 Å². The fraction of sp³-hybridized carbons (Fsp3) is 0.312. The zero-order valence-electron chi connectivity index (χ0n) is 11.7. The number of hydrogen-bond acceptors (Lipinski definition) is 2. The van der Waals surface area contributed by atoms with Gasteiger partial charge in [0.2, 0.25) is 0 Å². The van der Waals surface area contributed by atoms with Crippen molar-refractivity contribution in [3.05, 3.63) is 58.3 Å². The van der Waals surface area contributed by atoms with Gasteiger partial charge in [0.05, 0.1) is 0 Å². The molecule has 0 spiro atoms. The van der Waals surface area contributed by atoms with Crippen molar-refractivity contribution in [2.45, 2.75) is 24.8 Å². The molecule has 0 radical (unpaired) electrons. The Hall–Kier alpha value is -1.08. The van der Waals surface area contributed by atoms with Crippen molar-refractivity contribution in [3.63, 3.8) is 0 Å². The molecule has 1 fully saturated rings. The summed E-state index contributed by atoms with van der Waals surface area (Å²) >= 11 is 1.77. The van der Waals surface area contributed by atoms with Gasteiger partial charge in [-0.25, -0.2) is 0 Å². The lowest BCUT2D eigenvalue weighted by Crippen LogP contribution is -2.34. The third kappa shape index (κ3) is 4.71. The number of guanidine groups is 1. The number of thiophene rings is 1. The smallest absolute Gasteiger partial charge is 0.188 e. The highest BCUT2D eigenvalue weighted by atomic mass is 127. The zero-order valence-corrected chi connectivity index (χ0v) is 14.9. The maximum atomic E-state index is 5.94. The van der Waals surface area contributed by atoms with Crippen LogP contribution >= 0.6 is 35.3 Å². The number of benzene rings is 1. The van der Waals surface area contributed by atoms with E-state index < -0.39 is 0 Å². The molecule has 3 N–H and O–H groups in total. The summed E-state index contributed by atoms with van der Waals surface area (Å²) < 4.78 is 0. The summed E-state index contributed by atoms with van der Waals surface area (Å²) in [5.74, 6) is 1.16. The average Bonchev–Trinajstić information content (AvgIpc) is 3.02. The number of halogens is 1. The van der Waals surface area contributed by atoms with Gasteiger partial charge >= 0.3 is 0 Å². The minimum absolute atomic E-state index is 0. The van der Waals surface area contributed by atoms with Gasteiger partial charge in [-0.3, -0.25) is 4.99 Å². The molecule has 1 saturated carbocycles. The molecule has 1 aromatic carbocycles. The number of aliphatic imine (C=N–C) groups is 1. The van der Waals surface area contributed by atoms with Crippen molar-refractivity contribution in [1.29, 1.82) is 0 Å². The second-order valence-corrected chi connectivity index (χ2v) is 6.13. The summed E-state index contributed by atoms with van der Waals surface area (Å²) in [6, 6.07) is 15.2. The van der Waals surface area contributed by atoms with Crippen LogP contribution in [0.2, 0.25) is 0 Å². The van der Waals surface area contributed by atoms with Crippen LogP contribution in [0.5, 0.6) is 0 Å². The lowest BCUT2D eigenvalue weighted by molar-refractivity contribution is 0.844. The van der Waals surface area contributed by atoms with Gasteiger partial charge in [-0.15, -0.1) is 35.3 Å². The molecular formula is C16H20IN3S. The SMILES string of the molecule is I.NC(=NCCc1cccs1)NC1CC1c1ccccc1. The third-order valence-electron chi connectivity index (χ3n) is 3.57. The molecule has 1 heterocycles. The molecule has 2 unspecified atom stereocenters. The first-order valence-corrected chi connectivity index (χ1v) is 7.84. The van der Waals surface area contributed by atoms with Gasteiger partial charge in [0.1, 0.15) is 0 Å². The standard InChI is InChI=1S/C16H19N3S.HI/c17-16(18-9-8-13-7-4-10-20-13)19-15-11-14(15)12-5-2-1-3-6-12;/h1-7,10,14-15H,8-9,11H2,(H3,17,18,19);1H. The van der Waals surface area contributed by atoms with E-state index in [0.717, 1.165) is 19.4 Å². The summed E-state index contributed by atoms with van der Waals surface area (Å²) in [6.07, 6.45) is 2.11. The normalized spacial score (nSPS) is 20.7. The maximum Gasteiger partial charge on any atom is 0.188 e. The molecule has 112 valence electrons. The third-order valence-corrected chi connectivity index (χ3v) is 4.51. The van der Waals surface area contributed by atoms with Crippen LogP contribution in [-0.2, 0) is 6.42 Å². The topological polar surface area (TPSA) is 50.4 Å².